The number of phenols is 1. The Bertz CT molecular complexity index is 915. The molecule has 0 aliphatic carbocycles. The summed E-state index contributed by atoms with van der Waals surface area (Å²) < 4.78 is 28.4. The van der Waals surface area contributed by atoms with Gasteiger partial charge in [0.1, 0.15) is 23.5 Å². The molecule has 0 aliphatic heterocycles. The van der Waals surface area contributed by atoms with Crippen molar-refractivity contribution in [2.75, 3.05) is 40.1 Å². The summed E-state index contributed by atoms with van der Waals surface area (Å²) in [5, 5.41) is 12.4. The number of ether oxygens (including phenoxy) is 5. The third-order valence-corrected chi connectivity index (χ3v) is 6.68. The molecule has 0 saturated heterocycles. The Labute approximate surface area is 240 Å². The molecule has 10 heteroatoms. The lowest BCUT2D eigenvalue weighted by molar-refractivity contribution is -0.176. The van der Waals surface area contributed by atoms with Gasteiger partial charge in [-0.05, 0) is 85.9 Å². The third kappa shape index (κ3) is 13.4. The quantitative estimate of drug-likeness (QED) is 0.168. The predicted molar refractivity (Wildman–Crippen MR) is 154 cm³/mol. The number of carbonyl (C=O) groups is 2. The molecule has 2 unspecified atom stereocenters. The lowest BCUT2D eigenvalue weighted by Crippen LogP contribution is -2.48. The molecule has 0 saturated carbocycles. The fourth-order valence-corrected chi connectivity index (χ4v) is 3.39. The Hall–Kier alpha value is -2.24. The Balaban J connectivity index is 2.64. The Morgan fingerprint density at radius 1 is 0.950 bits per heavy atom. The van der Waals surface area contributed by atoms with Gasteiger partial charge in [0.25, 0.3) is 0 Å². The van der Waals surface area contributed by atoms with Crippen molar-refractivity contribution in [1.29, 1.82) is 0 Å². The standard InChI is InChI=1S/C30H52N2O8/c1-22(2)37-20-29(7,25(34)32-17-14-23-10-12-24(33)13-11-23)21-38-26(35)28(5,6)39-19-16-30(8,31)40-18-15-27(3,4)36-9/h10-13,22,33H,14-21,31H2,1-9H3,(H,32,34). The molecule has 1 amide bonds. The van der Waals surface area contributed by atoms with Crippen molar-refractivity contribution < 1.29 is 38.4 Å². The molecule has 1 aromatic carbocycles. The van der Waals surface area contributed by atoms with E-state index in [0.717, 1.165) is 5.56 Å². The van der Waals surface area contributed by atoms with E-state index in [4.69, 9.17) is 29.4 Å². The largest absolute Gasteiger partial charge is 0.508 e. The highest BCUT2D eigenvalue weighted by atomic mass is 16.6. The van der Waals surface area contributed by atoms with Crippen molar-refractivity contribution in [1.82, 2.24) is 5.32 Å². The first-order chi connectivity index (χ1) is 18.4. The average Bonchev–Trinajstić information content (AvgIpc) is 2.86. The molecule has 1 aromatic rings. The van der Waals surface area contributed by atoms with Gasteiger partial charge in [0.15, 0.2) is 5.60 Å². The van der Waals surface area contributed by atoms with E-state index in [9.17, 15) is 14.7 Å². The van der Waals surface area contributed by atoms with E-state index in [0.29, 0.717) is 32.4 Å². The molecule has 2 atom stereocenters. The van der Waals surface area contributed by atoms with Crippen LogP contribution in [0.15, 0.2) is 24.3 Å². The predicted octanol–water partition coefficient (Wildman–Crippen LogP) is 3.72. The van der Waals surface area contributed by atoms with Crippen LogP contribution < -0.4 is 11.1 Å². The zero-order chi connectivity index (χ0) is 30.6. The van der Waals surface area contributed by atoms with Gasteiger partial charge in [-0.3, -0.25) is 4.79 Å². The number of benzene rings is 1. The minimum absolute atomic E-state index is 0.0764. The maximum absolute atomic E-state index is 13.1. The van der Waals surface area contributed by atoms with Crippen molar-refractivity contribution in [2.24, 2.45) is 11.1 Å². The number of rotatable bonds is 19. The second-order valence-corrected chi connectivity index (χ2v) is 12.2. The molecule has 0 spiro atoms. The van der Waals surface area contributed by atoms with Gasteiger partial charge in [-0.15, -0.1) is 0 Å². The first-order valence-corrected chi connectivity index (χ1v) is 13.9. The number of phenolic OH excluding ortho intramolecular Hbond substituents is 1. The summed E-state index contributed by atoms with van der Waals surface area (Å²) in [4.78, 5) is 26.1. The molecule has 230 valence electrons. The van der Waals surface area contributed by atoms with E-state index < -0.39 is 22.7 Å². The number of aromatic hydroxyl groups is 1. The van der Waals surface area contributed by atoms with E-state index in [1.807, 2.05) is 27.7 Å². The van der Waals surface area contributed by atoms with Gasteiger partial charge in [-0.25, -0.2) is 4.79 Å². The smallest absolute Gasteiger partial charge is 0.337 e. The number of esters is 1. The van der Waals surface area contributed by atoms with Crippen LogP contribution in [-0.2, 0) is 39.7 Å². The summed E-state index contributed by atoms with van der Waals surface area (Å²) in [6.07, 6.45) is 1.52. The van der Waals surface area contributed by atoms with E-state index >= 15 is 0 Å². The van der Waals surface area contributed by atoms with Crippen LogP contribution in [0.1, 0.15) is 73.8 Å². The number of hydrogen-bond donors (Lipinski definition) is 3. The van der Waals surface area contributed by atoms with Gasteiger partial charge in [0.05, 0.1) is 31.5 Å². The zero-order valence-electron chi connectivity index (χ0n) is 25.9. The number of hydrogen-bond acceptors (Lipinski definition) is 9. The summed E-state index contributed by atoms with van der Waals surface area (Å²) in [5.41, 5.74) is 3.62. The molecule has 1 rings (SSSR count). The van der Waals surface area contributed by atoms with Crippen LogP contribution >= 0.6 is 0 Å². The monoisotopic (exact) mass is 568 g/mol. The maximum atomic E-state index is 13.1. The van der Waals surface area contributed by atoms with Crippen LogP contribution in [0.3, 0.4) is 0 Å². The van der Waals surface area contributed by atoms with Crippen LogP contribution in [-0.4, -0.2) is 80.1 Å². The Morgan fingerprint density at radius 3 is 2.12 bits per heavy atom. The lowest BCUT2D eigenvalue weighted by Gasteiger charge is -2.32. The van der Waals surface area contributed by atoms with Crippen LogP contribution in [0.4, 0.5) is 0 Å². The summed E-state index contributed by atoms with van der Waals surface area (Å²) in [5.74, 6) is -0.694. The van der Waals surface area contributed by atoms with Crippen molar-refractivity contribution in [3.8, 4) is 5.75 Å². The molecule has 0 heterocycles. The van der Waals surface area contributed by atoms with Crippen molar-refractivity contribution >= 4 is 11.9 Å². The van der Waals surface area contributed by atoms with Gasteiger partial charge in [-0.2, -0.15) is 0 Å². The molecule has 0 fully saturated rings. The maximum Gasteiger partial charge on any atom is 0.337 e. The second kappa shape index (κ2) is 15.7. The average molecular weight is 569 g/mol. The van der Waals surface area contributed by atoms with E-state index in [1.54, 1.807) is 59.1 Å². The van der Waals surface area contributed by atoms with Gasteiger partial charge >= 0.3 is 5.97 Å². The number of methoxy groups -OCH3 is 1. The molecule has 0 aromatic heterocycles. The van der Waals surface area contributed by atoms with Crippen molar-refractivity contribution in [3.63, 3.8) is 0 Å². The second-order valence-electron chi connectivity index (χ2n) is 12.2. The highest BCUT2D eigenvalue weighted by Crippen LogP contribution is 2.23. The number of nitrogens with one attached hydrogen (secondary N) is 1. The van der Waals surface area contributed by atoms with Crippen LogP contribution in [0.5, 0.6) is 5.75 Å². The highest BCUT2D eigenvalue weighted by molar-refractivity contribution is 5.83. The van der Waals surface area contributed by atoms with Gasteiger partial charge in [-0.1, -0.05) is 12.1 Å². The molecular weight excluding hydrogens is 516 g/mol. The molecule has 0 radical (unpaired) electrons. The van der Waals surface area contributed by atoms with Gasteiger partial charge < -0.3 is 39.8 Å². The van der Waals surface area contributed by atoms with Crippen LogP contribution in [0.2, 0.25) is 0 Å². The van der Waals surface area contributed by atoms with E-state index in [-0.39, 0.29) is 43.2 Å². The van der Waals surface area contributed by atoms with Crippen molar-refractivity contribution in [3.05, 3.63) is 29.8 Å². The molecule has 40 heavy (non-hydrogen) atoms. The number of amides is 1. The fraction of sp³-hybridized carbons (Fsp3) is 0.733. The molecule has 10 nitrogen and oxygen atoms in total. The number of nitrogens with two attached hydrogens (primary N) is 1. The molecule has 0 aliphatic rings. The fourth-order valence-electron chi connectivity index (χ4n) is 3.39. The Morgan fingerprint density at radius 2 is 1.55 bits per heavy atom. The van der Waals surface area contributed by atoms with Gasteiger partial charge in [0.2, 0.25) is 5.91 Å². The summed E-state index contributed by atoms with van der Waals surface area (Å²) >= 11 is 0. The molecule has 0 bridgehead atoms. The van der Waals surface area contributed by atoms with Crippen LogP contribution in [0.25, 0.3) is 0 Å². The molecular formula is C30H52N2O8. The van der Waals surface area contributed by atoms with Crippen LogP contribution in [0, 0.1) is 5.41 Å². The third-order valence-electron chi connectivity index (χ3n) is 6.68. The lowest BCUT2D eigenvalue weighted by atomic mass is 9.91. The topological polar surface area (TPSA) is 139 Å². The minimum Gasteiger partial charge on any atom is -0.508 e. The normalized spacial score (nSPS) is 15.4. The first kappa shape index (κ1) is 35.8. The minimum atomic E-state index is -1.26. The molecule has 4 N–H and O–H groups in total. The highest BCUT2D eigenvalue weighted by Gasteiger charge is 2.39. The van der Waals surface area contributed by atoms with Gasteiger partial charge in [0, 0.05) is 20.1 Å². The summed E-state index contributed by atoms with van der Waals surface area (Å²) in [6, 6.07) is 6.80. The Kier molecular flexibility index (Phi) is 14.0. The first-order valence-electron chi connectivity index (χ1n) is 13.9. The van der Waals surface area contributed by atoms with Crippen molar-refractivity contribution in [2.45, 2.75) is 97.7 Å². The summed E-state index contributed by atoms with van der Waals surface area (Å²) in [6.45, 7) is 15.3. The summed E-state index contributed by atoms with van der Waals surface area (Å²) in [7, 11) is 1.66. The number of carbonyl (C=O) groups excluding carboxylic acids is 2. The van der Waals surface area contributed by atoms with E-state index in [1.165, 1.54) is 0 Å². The SMILES string of the molecule is COC(C)(C)CCOC(C)(N)CCOC(C)(C)C(=O)OCC(C)(COC(C)C)C(=O)NCCc1ccc(O)cc1. The zero-order valence-corrected chi connectivity index (χ0v) is 25.9. The van der Waals surface area contributed by atoms with E-state index in [2.05, 4.69) is 5.32 Å².